The Hall–Kier alpha value is -2.96. The van der Waals surface area contributed by atoms with Crippen LogP contribution >= 0.6 is 0 Å². The number of rotatable bonds is 4. The molecule has 2 aromatic rings. The lowest BCUT2D eigenvalue weighted by molar-refractivity contribution is 0.100. The van der Waals surface area contributed by atoms with E-state index in [-0.39, 0.29) is 11.4 Å². The van der Waals surface area contributed by atoms with E-state index in [1.54, 1.807) is 18.2 Å². The molecule has 6 N–H and O–H groups in total. The summed E-state index contributed by atoms with van der Waals surface area (Å²) in [6, 6.07) is 2.59. The van der Waals surface area contributed by atoms with Gasteiger partial charge in [0, 0.05) is 17.0 Å². The first kappa shape index (κ1) is 13.5. The first-order chi connectivity index (χ1) is 9.47. The number of fused-ring (bicyclic) bond motifs is 1. The third kappa shape index (κ3) is 2.16. The summed E-state index contributed by atoms with van der Waals surface area (Å²) in [5, 5.41) is 2.89. The molecule has 104 valence electrons. The number of amides is 3. The Morgan fingerprint density at radius 2 is 2.10 bits per heavy atom. The lowest BCUT2D eigenvalue weighted by atomic mass is 10.1. The van der Waals surface area contributed by atoms with Crippen LogP contribution < -0.4 is 21.5 Å². The normalized spacial score (nSPS) is 10.2. The van der Waals surface area contributed by atoms with Gasteiger partial charge >= 0.3 is 6.03 Å². The fourth-order valence-electron chi connectivity index (χ4n) is 2.05. The van der Waals surface area contributed by atoms with Gasteiger partial charge in [-0.3, -0.25) is 10.1 Å². The summed E-state index contributed by atoms with van der Waals surface area (Å²) in [5.74, 6) is 0.0545. The second-order valence-electron chi connectivity index (χ2n) is 4.07. The first-order valence-electron chi connectivity index (χ1n) is 5.70. The fraction of sp³-hybridized carbons (Fsp3) is 0.0769. The monoisotopic (exact) mass is 274 g/mol. The highest BCUT2D eigenvalue weighted by molar-refractivity contribution is 6.13. The van der Waals surface area contributed by atoms with E-state index in [1.807, 2.05) is 0 Å². The lowest BCUT2D eigenvalue weighted by Crippen LogP contribution is -2.22. The molecule has 0 fully saturated rings. The minimum atomic E-state index is -0.796. The SMILES string of the molecule is C=Cc1cc2c(C(N)=O)c(NC(N)=O)[nH]c2cc1OC. The van der Waals surface area contributed by atoms with Gasteiger partial charge < -0.3 is 21.2 Å². The topological polar surface area (TPSA) is 123 Å². The van der Waals surface area contributed by atoms with E-state index in [0.717, 1.165) is 0 Å². The van der Waals surface area contributed by atoms with Crippen molar-refractivity contribution in [1.29, 1.82) is 0 Å². The number of primary amides is 2. The molecule has 0 aliphatic rings. The van der Waals surface area contributed by atoms with Gasteiger partial charge in [0.2, 0.25) is 0 Å². The van der Waals surface area contributed by atoms with Crippen LogP contribution in [0.5, 0.6) is 5.75 Å². The number of benzene rings is 1. The molecule has 0 saturated carbocycles. The Morgan fingerprint density at radius 1 is 1.40 bits per heavy atom. The average Bonchev–Trinajstić information content (AvgIpc) is 2.72. The zero-order valence-electron chi connectivity index (χ0n) is 10.8. The number of aromatic amines is 1. The van der Waals surface area contributed by atoms with Crippen LogP contribution in [-0.2, 0) is 0 Å². The van der Waals surface area contributed by atoms with Crippen molar-refractivity contribution in [2.45, 2.75) is 0 Å². The summed E-state index contributed by atoms with van der Waals surface area (Å²) in [5.41, 5.74) is 11.9. The molecule has 0 radical (unpaired) electrons. The van der Waals surface area contributed by atoms with Gasteiger partial charge in [-0.2, -0.15) is 0 Å². The number of methoxy groups -OCH3 is 1. The number of H-pyrrole nitrogens is 1. The predicted octanol–water partition coefficient (Wildman–Crippen LogP) is 1.41. The maximum Gasteiger partial charge on any atom is 0.317 e. The molecule has 2 rings (SSSR count). The summed E-state index contributed by atoms with van der Waals surface area (Å²) >= 11 is 0. The minimum absolute atomic E-state index is 0.156. The van der Waals surface area contributed by atoms with Gasteiger partial charge in [0.1, 0.15) is 11.6 Å². The minimum Gasteiger partial charge on any atom is -0.496 e. The first-order valence-corrected chi connectivity index (χ1v) is 5.70. The number of nitrogens with two attached hydrogens (primary N) is 2. The summed E-state index contributed by atoms with van der Waals surface area (Å²) in [6.07, 6.45) is 1.59. The van der Waals surface area contributed by atoms with Crippen LogP contribution in [0.25, 0.3) is 17.0 Å². The number of hydrogen-bond donors (Lipinski definition) is 4. The third-order valence-corrected chi connectivity index (χ3v) is 2.86. The zero-order valence-corrected chi connectivity index (χ0v) is 10.8. The smallest absolute Gasteiger partial charge is 0.317 e. The molecule has 0 aliphatic heterocycles. The van der Waals surface area contributed by atoms with E-state index >= 15 is 0 Å². The second kappa shape index (κ2) is 4.96. The molecule has 1 aromatic carbocycles. The maximum atomic E-state index is 11.6. The van der Waals surface area contributed by atoms with Gasteiger partial charge in [0.25, 0.3) is 5.91 Å². The highest BCUT2D eigenvalue weighted by Gasteiger charge is 2.19. The number of nitrogens with one attached hydrogen (secondary N) is 2. The molecule has 20 heavy (non-hydrogen) atoms. The van der Waals surface area contributed by atoms with Gasteiger partial charge in [-0.1, -0.05) is 12.7 Å². The Kier molecular flexibility index (Phi) is 3.34. The van der Waals surface area contributed by atoms with E-state index in [0.29, 0.717) is 22.2 Å². The molecule has 0 saturated heterocycles. The number of urea groups is 1. The molecular weight excluding hydrogens is 260 g/mol. The Bertz CT molecular complexity index is 718. The number of ether oxygens (including phenoxy) is 1. The molecule has 0 unspecified atom stereocenters. The Labute approximate surface area is 114 Å². The van der Waals surface area contributed by atoms with E-state index in [1.165, 1.54) is 7.11 Å². The van der Waals surface area contributed by atoms with Crippen LogP contribution in [0.3, 0.4) is 0 Å². The molecule has 1 heterocycles. The molecule has 1 aromatic heterocycles. The van der Waals surface area contributed by atoms with Crippen LogP contribution in [0.1, 0.15) is 15.9 Å². The zero-order chi connectivity index (χ0) is 14.9. The highest BCUT2D eigenvalue weighted by Crippen LogP contribution is 2.32. The predicted molar refractivity (Wildman–Crippen MR) is 76.7 cm³/mol. The van der Waals surface area contributed by atoms with Gasteiger partial charge in [-0.25, -0.2) is 4.79 Å². The summed E-state index contributed by atoms with van der Waals surface area (Å²) in [4.78, 5) is 25.4. The van der Waals surface area contributed by atoms with E-state index < -0.39 is 11.9 Å². The summed E-state index contributed by atoms with van der Waals surface area (Å²) < 4.78 is 5.22. The van der Waals surface area contributed by atoms with Crippen LogP contribution in [0.4, 0.5) is 10.6 Å². The van der Waals surface area contributed by atoms with E-state index in [9.17, 15) is 9.59 Å². The van der Waals surface area contributed by atoms with Crippen LogP contribution in [-0.4, -0.2) is 24.0 Å². The Morgan fingerprint density at radius 3 is 2.60 bits per heavy atom. The van der Waals surface area contributed by atoms with Crippen molar-refractivity contribution in [2.75, 3.05) is 12.4 Å². The van der Waals surface area contributed by atoms with Gasteiger partial charge in [0.05, 0.1) is 18.2 Å². The highest BCUT2D eigenvalue weighted by atomic mass is 16.5. The van der Waals surface area contributed by atoms with Crippen molar-refractivity contribution in [2.24, 2.45) is 11.5 Å². The molecule has 0 atom stereocenters. The number of carbonyl (C=O) groups excluding carboxylic acids is 2. The van der Waals surface area contributed by atoms with Crippen molar-refractivity contribution in [1.82, 2.24) is 4.98 Å². The summed E-state index contributed by atoms with van der Waals surface area (Å²) in [7, 11) is 1.52. The van der Waals surface area contributed by atoms with Crippen LogP contribution in [0.2, 0.25) is 0 Å². The largest absolute Gasteiger partial charge is 0.496 e. The number of anilines is 1. The molecule has 7 nitrogen and oxygen atoms in total. The number of hydrogen-bond acceptors (Lipinski definition) is 3. The molecule has 7 heteroatoms. The summed E-state index contributed by atoms with van der Waals surface area (Å²) in [6.45, 7) is 3.68. The number of aromatic nitrogens is 1. The molecule has 0 bridgehead atoms. The van der Waals surface area contributed by atoms with Crippen molar-refractivity contribution in [3.63, 3.8) is 0 Å². The van der Waals surface area contributed by atoms with Crippen molar-refractivity contribution < 1.29 is 14.3 Å². The van der Waals surface area contributed by atoms with E-state index in [2.05, 4.69) is 16.9 Å². The molecule has 3 amide bonds. The van der Waals surface area contributed by atoms with Gasteiger partial charge in [0.15, 0.2) is 0 Å². The van der Waals surface area contributed by atoms with Crippen LogP contribution in [0, 0.1) is 0 Å². The lowest BCUT2D eigenvalue weighted by Gasteiger charge is -2.05. The second-order valence-corrected chi connectivity index (χ2v) is 4.07. The standard InChI is InChI=1S/C13H14N4O3/c1-3-6-4-7-8(5-9(6)20-2)16-12(17-13(15)19)10(7)11(14)18/h3-5,16H,1H2,2H3,(H2,14,18)(H3,15,17,19). The molecule has 0 spiro atoms. The van der Waals surface area contributed by atoms with Gasteiger partial charge in [-0.05, 0) is 6.07 Å². The fourth-order valence-corrected chi connectivity index (χ4v) is 2.05. The van der Waals surface area contributed by atoms with E-state index in [4.69, 9.17) is 16.2 Å². The molecule has 0 aliphatic carbocycles. The average molecular weight is 274 g/mol. The van der Waals surface area contributed by atoms with Crippen molar-refractivity contribution >= 4 is 34.7 Å². The number of carbonyl (C=O) groups is 2. The Balaban J connectivity index is 2.77. The van der Waals surface area contributed by atoms with Crippen LogP contribution in [0.15, 0.2) is 18.7 Å². The quantitative estimate of drug-likeness (QED) is 0.673. The molecular formula is C13H14N4O3. The maximum absolute atomic E-state index is 11.6. The van der Waals surface area contributed by atoms with Crippen molar-refractivity contribution in [3.05, 3.63) is 29.8 Å². The van der Waals surface area contributed by atoms with Gasteiger partial charge in [-0.15, -0.1) is 0 Å². The third-order valence-electron chi connectivity index (χ3n) is 2.86. The van der Waals surface area contributed by atoms with Crippen molar-refractivity contribution in [3.8, 4) is 5.75 Å².